The number of halogens is 1. The Kier molecular flexibility index (Phi) is 5.42. The normalized spacial score (nSPS) is 10.9. The Hall–Kier alpha value is -1.99. The molecule has 0 N–H and O–H groups in total. The second-order valence-corrected chi connectivity index (χ2v) is 7.20. The van der Waals surface area contributed by atoms with Crippen LogP contribution in [0.1, 0.15) is 23.4 Å². The fraction of sp³-hybridized carbons (Fsp3) is 0.235. The quantitative estimate of drug-likeness (QED) is 0.586. The fourth-order valence-corrected chi connectivity index (χ4v) is 3.38. The summed E-state index contributed by atoms with van der Waals surface area (Å²) in [7, 11) is 0. The minimum absolute atomic E-state index is 0.0135. The second-order valence-electron chi connectivity index (χ2n) is 5.25. The highest BCUT2D eigenvalue weighted by atomic mass is 79.9. The molecular weight excluding hydrogens is 392 g/mol. The highest BCUT2D eigenvalue weighted by molar-refractivity contribution is 9.10. The predicted molar refractivity (Wildman–Crippen MR) is 96.2 cm³/mol. The van der Waals surface area contributed by atoms with Gasteiger partial charge in [-0.05, 0) is 52.4 Å². The molecule has 3 aromatic rings. The minimum Gasteiger partial charge on any atom is -0.459 e. The van der Waals surface area contributed by atoms with E-state index in [2.05, 4.69) is 27.0 Å². The standard InChI is InChI=1S/C17H15BrN2O3S/c18-12-6-7-15-19-13(9-16(21)20(15)10-12)11-23-17(22)5-1-3-14-4-2-8-24-14/h2,4,6-10H,1,3,5,11H2. The highest BCUT2D eigenvalue weighted by Gasteiger charge is 2.07. The van der Waals surface area contributed by atoms with Crippen LogP contribution in [0, 0.1) is 0 Å². The smallest absolute Gasteiger partial charge is 0.306 e. The molecule has 24 heavy (non-hydrogen) atoms. The van der Waals surface area contributed by atoms with Crippen LogP contribution >= 0.6 is 27.3 Å². The van der Waals surface area contributed by atoms with E-state index in [4.69, 9.17) is 4.74 Å². The van der Waals surface area contributed by atoms with Crippen LogP contribution in [0.25, 0.3) is 5.65 Å². The Morgan fingerprint density at radius 2 is 2.21 bits per heavy atom. The number of pyridine rings is 1. The molecule has 0 aliphatic heterocycles. The fourth-order valence-electron chi connectivity index (χ4n) is 2.29. The number of carbonyl (C=O) groups is 1. The van der Waals surface area contributed by atoms with Crippen LogP contribution in [0.5, 0.6) is 0 Å². The molecule has 0 radical (unpaired) electrons. The molecule has 0 bridgehead atoms. The largest absolute Gasteiger partial charge is 0.459 e. The summed E-state index contributed by atoms with van der Waals surface area (Å²) < 4.78 is 7.46. The molecule has 0 atom stereocenters. The first kappa shape index (κ1) is 16.9. The van der Waals surface area contributed by atoms with Crippen molar-refractivity contribution in [1.29, 1.82) is 0 Å². The van der Waals surface area contributed by atoms with Crippen molar-refractivity contribution in [3.63, 3.8) is 0 Å². The Balaban J connectivity index is 1.56. The van der Waals surface area contributed by atoms with Gasteiger partial charge in [0.15, 0.2) is 0 Å². The number of nitrogens with zero attached hydrogens (tertiary/aromatic N) is 2. The molecule has 0 aliphatic rings. The lowest BCUT2D eigenvalue weighted by Gasteiger charge is -2.06. The SMILES string of the molecule is O=C(CCCc1cccs1)OCc1cc(=O)n2cc(Br)ccc2n1. The molecule has 3 aromatic heterocycles. The lowest BCUT2D eigenvalue weighted by Crippen LogP contribution is -2.16. The third-order valence-electron chi connectivity index (χ3n) is 3.44. The van der Waals surface area contributed by atoms with E-state index in [1.807, 2.05) is 17.5 Å². The molecule has 3 rings (SSSR count). The Morgan fingerprint density at radius 1 is 1.33 bits per heavy atom. The molecule has 0 saturated carbocycles. The van der Waals surface area contributed by atoms with Crippen molar-refractivity contribution in [2.45, 2.75) is 25.9 Å². The van der Waals surface area contributed by atoms with E-state index in [1.165, 1.54) is 15.3 Å². The molecule has 3 heterocycles. The van der Waals surface area contributed by atoms with Crippen molar-refractivity contribution >= 4 is 38.9 Å². The van der Waals surface area contributed by atoms with Crippen LogP contribution in [0.2, 0.25) is 0 Å². The van der Waals surface area contributed by atoms with Crippen molar-refractivity contribution in [3.05, 3.63) is 67.3 Å². The topological polar surface area (TPSA) is 60.7 Å². The number of aromatic nitrogens is 2. The molecule has 0 saturated heterocycles. The van der Waals surface area contributed by atoms with E-state index >= 15 is 0 Å². The number of hydrogen-bond acceptors (Lipinski definition) is 5. The van der Waals surface area contributed by atoms with Gasteiger partial charge in [0, 0.05) is 28.0 Å². The average Bonchev–Trinajstić information content (AvgIpc) is 3.07. The van der Waals surface area contributed by atoms with Crippen molar-refractivity contribution < 1.29 is 9.53 Å². The molecule has 0 aliphatic carbocycles. The van der Waals surface area contributed by atoms with E-state index in [9.17, 15) is 9.59 Å². The summed E-state index contributed by atoms with van der Waals surface area (Å²) in [6.07, 6.45) is 3.64. The summed E-state index contributed by atoms with van der Waals surface area (Å²) in [5, 5.41) is 2.02. The van der Waals surface area contributed by atoms with Gasteiger partial charge in [0.05, 0.1) is 5.69 Å². The summed E-state index contributed by atoms with van der Waals surface area (Å²) in [6.45, 7) is 0.0135. The summed E-state index contributed by atoms with van der Waals surface area (Å²) in [6, 6.07) is 8.99. The third-order valence-corrected chi connectivity index (χ3v) is 4.85. The lowest BCUT2D eigenvalue weighted by molar-refractivity contribution is -0.145. The van der Waals surface area contributed by atoms with Crippen molar-refractivity contribution in [3.8, 4) is 0 Å². The molecule has 5 nitrogen and oxygen atoms in total. The van der Waals surface area contributed by atoms with Crippen LogP contribution < -0.4 is 5.56 Å². The van der Waals surface area contributed by atoms with Crippen LogP contribution in [0.15, 0.2) is 51.2 Å². The predicted octanol–water partition coefficient (Wildman–Crippen LogP) is 3.58. The maximum Gasteiger partial charge on any atom is 0.306 e. The van der Waals surface area contributed by atoms with Gasteiger partial charge in [-0.1, -0.05) is 6.07 Å². The van der Waals surface area contributed by atoms with Gasteiger partial charge in [0.1, 0.15) is 12.3 Å². The zero-order valence-electron chi connectivity index (χ0n) is 12.8. The van der Waals surface area contributed by atoms with Gasteiger partial charge in [-0.15, -0.1) is 11.3 Å². The molecular formula is C17H15BrN2O3S. The van der Waals surface area contributed by atoms with Crippen LogP contribution in [0.3, 0.4) is 0 Å². The van der Waals surface area contributed by atoms with Gasteiger partial charge in [0.2, 0.25) is 0 Å². The second kappa shape index (κ2) is 7.72. The molecule has 124 valence electrons. The number of hydrogen-bond donors (Lipinski definition) is 0. The van der Waals surface area contributed by atoms with E-state index in [0.717, 1.165) is 17.3 Å². The van der Waals surface area contributed by atoms with E-state index < -0.39 is 0 Å². The van der Waals surface area contributed by atoms with E-state index in [0.29, 0.717) is 17.8 Å². The number of fused-ring (bicyclic) bond motifs is 1. The Morgan fingerprint density at radius 3 is 3.00 bits per heavy atom. The van der Waals surface area contributed by atoms with Gasteiger partial charge in [-0.25, -0.2) is 4.98 Å². The maximum absolute atomic E-state index is 12.1. The van der Waals surface area contributed by atoms with Crippen molar-refractivity contribution in [2.24, 2.45) is 0 Å². The zero-order chi connectivity index (χ0) is 16.9. The highest BCUT2D eigenvalue weighted by Crippen LogP contribution is 2.13. The summed E-state index contributed by atoms with van der Waals surface area (Å²) in [5.74, 6) is -0.274. The molecule has 0 fully saturated rings. The summed E-state index contributed by atoms with van der Waals surface area (Å²) in [4.78, 5) is 29.5. The van der Waals surface area contributed by atoms with Crippen molar-refractivity contribution in [1.82, 2.24) is 9.38 Å². The number of aryl methyl sites for hydroxylation is 1. The number of thiophene rings is 1. The Labute approximate surface area is 151 Å². The van der Waals surface area contributed by atoms with Crippen LogP contribution in [-0.2, 0) is 22.6 Å². The van der Waals surface area contributed by atoms with E-state index in [1.54, 1.807) is 23.6 Å². The molecule has 7 heteroatoms. The van der Waals surface area contributed by atoms with Crippen LogP contribution in [-0.4, -0.2) is 15.4 Å². The molecule has 0 spiro atoms. The van der Waals surface area contributed by atoms with E-state index in [-0.39, 0.29) is 18.1 Å². The summed E-state index contributed by atoms with van der Waals surface area (Å²) >= 11 is 5.00. The number of esters is 1. The number of ether oxygens (including phenoxy) is 1. The van der Waals surface area contributed by atoms with Gasteiger partial charge >= 0.3 is 5.97 Å². The van der Waals surface area contributed by atoms with Gasteiger partial charge in [-0.3, -0.25) is 14.0 Å². The van der Waals surface area contributed by atoms with Gasteiger partial charge in [0.25, 0.3) is 5.56 Å². The zero-order valence-corrected chi connectivity index (χ0v) is 15.2. The lowest BCUT2D eigenvalue weighted by atomic mass is 10.2. The number of carbonyl (C=O) groups excluding carboxylic acids is 1. The number of rotatable bonds is 6. The first-order chi connectivity index (χ1) is 11.6. The van der Waals surface area contributed by atoms with Gasteiger partial charge in [-0.2, -0.15) is 0 Å². The van der Waals surface area contributed by atoms with Gasteiger partial charge < -0.3 is 4.74 Å². The van der Waals surface area contributed by atoms with Crippen molar-refractivity contribution in [2.75, 3.05) is 0 Å². The minimum atomic E-state index is -0.274. The molecule has 0 aromatic carbocycles. The molecule has 0 unspecified atom stereocenters. The molecule has 0 amide bonds. The first-order valence-corrected chi connectivity index (χ1v) is 9.15. The summed E-state index contributed by atoms with van der Waals surface area (Å²) in [5.41, 5.74) is 0.772. The maximum atomic E-state index is 12.1. The Bertz CT molecular complexity index is 906. The third kappa shape index (κ3) is 4.30. The van der Waals surface area contributed by atoms with Crippen LogP contribution in [0.4, 0.5) is 0 Å². The first-order valence-electron chi connectivity index (χ1n) is 7.48. The average molecular weight is 407 g/mol. The monoisotopic (exact) mass is 406 g/mol.